The van der Waals surface area contributed by atoms with Crippen molar-refractivity contribution in [1.29, 1.82) is 0 Å². The van der Waals surface area contributed by atoms with E-state index in [0.717, 1.165) is 41.7 Å². The summed E-state index contributed by atoms with van der Waals surface area (Å²) in [5.41, 5.74) is 4.42. The van der Waals surface area contributed by atoms with E-state index in [-0.39, 0.29) is 6.04 Å². The third kappa shape index (κ3) is 3.31. The summed E-state index contributed by atoms with van der Waals surface area (Å²) in [4.78, 5) is 11.0. The van der Waals surface area contributed by atoms with Crippen molar-refractivity contribution in [3.8, 4) is 16.9 Å². The molecule has 1 atom stereocenters. The van der Waals surface area contributed by atoms with Crippen LogP contribution in [0.5, 0.6) is 5.75 Å². The van der Waals surface area contributed by atoms with Crippen molar-refractivity contribution in [3.63, 3.8) is 0 Å². The van der Waals surface area contributed by atoms with E-state index in [1.54, 1.807) is 0 Å². The van der Waals surface area contributed by atoms with Gasteiger partial charge in [0, 0.05) is 5.56 Å². The largest absolute Gasteiger partial charge is 0.493 e. The average Bonchev–Trinajstić information content (AvgIpc) is 2.55. The Hall–Kier alpha value is -2.49. The summed E-state index contributed by atoms with van der Waals surface area (Å²) in [5.74, 6) is 0.855. The van der Waals surface area contributed by atoms with E-state index in [4.69, 9.17) is 9.84 Å². The second kappa shape index (κ2) is 6.73. The predicted octanol–water partition coefficient (Wildman–Crippen LogP) is 4.40. The van der Waals surface area contributed by atoms with Crippen LogP contribution < -0.4 is 10.1 Å². The van der Waals surface area contributed by atoms with Gasteiger partial charge in [-0.1, -0.05) is 30.3 Å². The normalized spacial score (nSPS) is 16.5. The fourth-order valence-electron chi connectivity index (χ4n) is 3.25. The Balaban J connectivity index is 2.01. The second-order valence-corrected chi connectivity index (χ2v) is 5.74. The average molecular weight is 311 g/mol. The minimum absolute atomic E-state index is 0.129. The number of para-hydroxylation sites is 1. The molecule has 0 aliphatic heterocycles. The quantitative estimate of drug-likeness (QED) is 0.880. The van der Waals surface area contributed by atoms with Crippen molar-refractivity contribution in [2.24, 2.45) is 0 Å². The van der Waals surface area contributed by atoms with Crippen LogP contribution in [0.1, 0.15) is 36.9 Å². The van der Waals surface area contributed by atoms with Gasteiger partial charge in [-0.25, -0.2) is 4.79 Å². The van der Waals surface area contributed by atoms with E-state index >= 15 is 0 Å². The molecule has 0 aromatic heterocycles. The lowest BCUT2D eigenvalue weighted by molar-refractivity contribution is 0.188. The summed E-state index contributed by atoms with van der Waals surface area (Å²) in [6.45, 7) is 2.58. The molecule has 1 aliphatic rings. The molecule has 0 fully saturated rings. The third-order valence-electron chi connectivity index (χ3n) is 4.26. The standard InChI is InChI=1S/C19H21NO3/c1-2-23-18-9-4-3-7-15(18)14-11-10-13-6-5-8-17(16(13)12-14)20-19(21)22/h3-4,7,9-12,17,20H,2,5-6,8H2,1H3,(H,21,22). The summed E-state index contributed by atoms with van der Waals surface area (Å²) in [6.07, 6.45) is 1.88. The molecule has 0 heterocycles. The maximum absolute atomic E-state index is 11.0. The minimum Gasteiger partial charge on any atom is -0.493 e. The van der Waals surface area contributed by atoms with Crippen LogP contribution in [0.2, 0.25) is 0 Å². The zero-order valence-electron chi connectivity index (χ0n) is 13.2. The van der Waals surface area contributed by atoms with Gasteiger partial charge in [0.25, 0.3) is 0 Å². The Morgan fingerprint density at radius 2 is 2.13 bits per heavy atom. The van der Waals surface area contributed by atoms with Gasteiger partial charge in [0.05, 0.1) is 12.6 Å². The maximum atomic E-state index is 11.0. The highest BCUT2D eigenvalue weighted by atomic mass is 16.5. The fourth-order valence-corrected chi connectivity index (χ4v) is 3.25. The van der Waals surface area contributed by atoms with Crippen LogP contribution >= 0.6 is 0 Å². The SMILES string of the molecule is CCOc1ccccc1-c1ccc2c(c1)C(NC(=O)O)CCC2. The van der Waals surface area contributed by atoms with E-state index in [0.29, 0.717) is 6.61 Å². The first kappa shape index (κ1) is 15.4. The minimum atomic E-state index is -0.969. The molecule has 0 spiro atoms. The highest BCUT2D eigenvalue weighted by molar-refractivity contribution is 5.72. The van der Waals surface area contributed by atoms with Gasteiger partial charge in [0.2, 0.25) is 0 Å². The first-order valence-electron chi connectivity index (χ1n) is 8.03. The van der Waals surface area contributed by atoms with Crippen LogP contribution in [0.25, 0.3) is 11.1 Å². The number of rotatable bonds is 4. The van der Waals surface area contributed by atoms with Crippen molar-refractivity contribution in [3.05, 3.63) is 53.6 Å². The molecule has 0 radical (unpaired) electrons. The van der Waals surface area contributed by atoms with Gasteiger partial charge in [0.1, 0.15) is 5.75 Å². The molecule has 2 aromatic rings. The topological polar surface area (TPSA) is 58.6 Å². The molecule has 0 bridgehead atoms. The van der Waals surface area contributed by atoms with E-state index in [9.17, 15) is 4.79 Å². The molecule has 1 amide bonds. The smallest absolute Gasteiger partial charge is 0.405 e. The zero-order chi connectivity index (χ0) is 16.2. The summed E-state index contributed by atoms with van der Waals surface area (Å²) in [5, 5.41) is 11.7. The Labute approximate surface area is 136 Å². The van der Waals surface area contributed by atoms with E-state index in [2.05, 4.69) is 23.5 Å². The molecule has 3 rings (SSSR count). The maximum Gasteiger partial charge on any atom is 0.405 e. The van der Waals surface area contributed by atoms with Gasteiger partial charge >= 0.3 is 6.09 Å². The molecular weight excluding hydrogens is 290 g/mol. The molecule has 4 heteroatoms. The summed E-state index contributed by atoms with van der Waals surface area (Å²) < 4.78 is 5.72. The van der Waals surface area contributed by atoms with Crippen LogP contribution in [0.4, 0.5) is 4.79 Å². The van der Waals surface area contributed by atoms with Gasteiger partial charge in [-0.15, -0.1) is 0 Å². The van der Waals surface area contributed by atoms with Crippen LogP contribution in [0, 0.1) is 0 Å². The van der Waals surface area contributed by atoms with E-state index < -0.39 is 6.09 Å². The zero-order valence-corrected chi connectivity index (χ0v) is 13.2. The molecule has 0 saturated heterocycles. The number of hydrogen-bond acceptors (Lipinski definition) is 2. The van der Waals surface area contributed by atoms with E-state index in [1.165, 1.54) is 5.56 Å². The Bertz CT molecular complexity index is 712. The van der Waals surface area contributed by atoms with Gasteiger partial charge in [-0.2, -0.15) is 0 Å². The van der Waals surface area contributed by atoms with Gasteiger partial charge in [-0.3, -0.25) is 0 Å². The van der Waals surface area contributed by atoms with Crippen molar-refractivity contribution in [2.45, 2.75) is 32.2 Å². The van der Waals surface area contributed by atoms with Crippen LogP contribution in [-0.4, -0.2) is 17.8 Å². The number of ether oxygens (including phenoxy) is 1. The first-order valence-corrected chi connectivity index (χ1v) is 8.03. The molecule has 120 valence electrons. The Morgan fingerprint density at radius 3 is 2.91 bits per heavy atom. The van der Waals surface area contributed by atoms with Crippen molar-refractivity contribution >= 4 is 6.09 Å². The number of carboxylic acid groups (broad SMARTS) is 1. The number of carbonyl (C=O) groups is 1. The molecule has 1 unspecified atom stereocenters. The van der Waals surface area contributed by atoms with Crippen molar-refractivity contribution < 1.29 is 14.6 Å². The number of aryl methyl sites for hydroxylation is 1. The summed E-state index contributed by atoms with van der Waals surface area (Å²) in [6, 6.07) is 14.1. The van der Waals surface area contributed by atoms with E-state index in [1.807, 2.05) is 31.2 Å². The molecular formula is C19H21NO3. The third-order valence-corrected chi connectivity index (χ3v) is 4.26. The lowest BCUT2D eigenvalue weighted by Crippen LogP contribution is -2.29. The van der Waals surface area contributed by atoms with Gasteiger partial charge < -0.3 is 15.2 Å². The number of amides is 1. The molecule has 4 nitrogen and oxygen atoms in total. The molecule has 2 aromatic carbocycles. The van der Waals surface area contributed by atoms with Crippen molar-refractivity contribution in [2.75, 3.05) is 6.61 Å². The number of hydrogen-bond donors (Lipinski definition) is 2. The van der Waals surface area contributed by atoms with Gasteiger partial charge in [0.15, 0.2) is 0 Å². The first-order chi connectivity index (χ1) is 11.2. The lowest BCUT2D eigenvalue weighted by atomic mass is 9.85. The van der Waals surface area contributed by atoms with Gasteiger partial charge in [-0.05, 0) is 55.0 Å². The monoisotopic (exact) mass is 311 g/mol. The Kier molecular flexibility index (Phi) is 4.51. The van der Waals surface area contributed by atoms with Crippen LogP contribution in [0.15, 0.2) is 42.5 Å². The predicted molar refractivity (Wildman–Crippen MR) is 89.9 cm³/mol. The van der Waals surface area contributed by atoms with Crippen LogP contribution in [-0.2, 0) is 6.42 Å². The Morgan fingerprint density at radius 1 is 1.30 bits per heavy atom. The summed E-state index contributed by atoms with van der Waals surface area (Å²) in [7, 11) is 0. The highest BCUT2D eigenvalue weighted by Crippen LogP contribution is 2.36. The summed E-state index contributed by atoms with van der Waals surface area (Å²) >= 11 is 0. The van der Waals surface area contributed by atoms with Crippen LogP contribution in [0.3, 0.4) is 0 Å². The number of nitrogens with one attached hydrogen (secondary N) is 1. The molecule has 2 N–H and O–H groups in total. The number of benzene rings is 2. The molecule has 1 aliphatic carbocycles. The van der Waals surface area contributed by atoms with Crippen molar-refractivity contribution in [1.82, 2.24) is 5.32 Å². The fraction of sp³-hybridized carbons (Fsp3) is 0.316. The molecule has 0 saturated carbocycles. The number of fused-ring (bicyclic) bond motifs is 1. The highest BCUT2D eigenvalue weighted by Gasteiger charge is 2.22. The molecule has 23 heavy (non-hydrogen) atoms. The lowest BCUT2D eigenvalue weighted by Gasteiger charge is -2.26. The second-order valence-electron chi connectivity index (χ2n) is 5.74.